The molecule has 3 heteroatoms. The number of rotatable bonds is 1. The highest BCUT2D eigenvalue weighted by Crippen LogP contribution is 2.22. The summed E-state index contributed by atoms with van der Waals surface area (Å²) in [5.41, 5.74) is 5.75. The first-order valence-electron chi connectivity index (χ1n) is 4.97. The van der Waals surface area contributed by atoms with Crippen LogP contribution in [0, 0.1) is 5.92 Å². The molecule has 1 aliphatic carbocycles. The third-order valence-electron chi connectivity index (χ3n) is 2.89. The largest absolute Gasteiger partial charge is 0.341 e. The highest BCUT2D eigenvalue weighted by molar-refractivity contribution is 5.80. The number of nitrogens with zero attached hydrogens (tertiary/aromatic N) is 1. The summed E-state index contributed by atoms with van der Waals surface area (Å²) >= 11 is 0. The fourth-order valence-corrected chi connectivity index (χ4v) is 2.06. The van der Waals surface area contributed by atoms with Crippen molar-refractivity contribution in [1.29, 1.82) is 0 Å². The van der Waals surface area contributed by atoms with Gasteiger partial charge in [-0.3, -0.25) is 4.79 Å². The maximum atomic E-state index is 11.8. The van der Waals surface area contributed by atoms with Crippen molar-refractivity contribution in [2.24, 2.45) is 11.7 Å². The number of allylic oxidation sites excluding steroid dienone is 2. The van der Waals surface area contributed by atoms with Crippen LogP contribution in [-0.4, -0.2) is 29.9 Å². The minimum atomic E-state index is 0.207. The molecule has 0 aromatic heterocycles. The van der Waals surface area contributed by atoms with Gasteiger partial charge in [0.25, 0.3) is 0 Å². The Hall–Kier alpha value is -0.830. The van der Waals surface area contributed by atoms with Crippen LogP contribution in [0.3, 0.4) is 0 Å². The van der Waals surface area contributed by atoms with Crippen LogP contribution in [0.1, 0.15) is 19.3 Å². The Morgan fingerprint density at radius 1 is 1.38 bits per heavy atom. The fourth-order valence-electron chi connectivity index (χ4n) is 2.06. The molecule has 0 aromatic carbocycles. The lowest BCUT2D eigenvalue weighted by atomic mass is 10.1. The predicted molar refractivity (Wildman–Crippen MR) is 51.0 cm³/mol. The van der Waals surface area contributed by atoms with E-state index < -0.39 is 0 Å². The van der Waals surface area contributed by atoms with Crippen molar-refractivity contribution < 1.29 is 4.79 Å². The van der Waals surface area contributed by atoms with E-state index in [4.69, 9.17) is 5.73 Å². The summed E-state index contributed by atoms with van der Waals surface area (Å²) in [7, 11) is 0. The van der Waals surface area contributed by atoms with Crippen LogP contribution in [0.5, 0.6) is 0 Å². The number of carbonyl (C=O) groups excluding carboxylic acids is 1. The molecule has 0 bridgehead atoms. The van der Waals surface area contributed by atoms with Gasteiger partial charge >= 0.3 is 0 Å². The monoisotopic (exact) mass is 180 g/mol. The Bertz CT molecular complexity index is 229. The Morgan fingerprint density at radius 3 is 2.62 bits per heavy atom. The van der Waals surface area contributed by atoms with Crippen LogP contribution >= 0.6 is 0 Å². The average Bonchev–Trinajstić information content (AvgIpc) is 2.72. The third kappa shape index (κ3) is 1.75. The van der Waals surface area contributed by atoms with Crippen molar-refractivity contribution in [2.75, 3.05) is 13.1 Å². The Balaban J connectivity index is 1.90. The molecule has 1 fully saturated rings. The van der Waals surface area contributed by atoms with Crippen LogP contribution in [0.15, 0.2) is 12.2 Å². The van der Waals surface area contributed by atoms with Gasteiger partial charge in [-0.1, -0.05) is 12.2 Å². The number of amides is 1. The zero-order valence-electron chi connectivity index (χ0n) is 7.78. The van der Waals surface area contributed by atoms with E-state index in [-0.39, 0.29) is 12.0 Å². The summed E-state index contributed by atoms with van der Waals surface area (Å²) in [4.78, 5) is 13.7. The highest BCUT2D eigenvalue weighted by Gasteiger charge is 2.29. The first-order chi connectivity index (χ1) is 6.27. The summed E-state index contributed by atoms with van der Waals surface area (Å²) in [5.74, 6) is 0.517. The summed E-state index contributed by atoms with van der Waals surface area (Å²) < 4.78 is 0. The quantitative estimate of drug-likeness (QED) is 0.598. The molecule has 2 rings (SSSR count). The van der Waals surface area contributed by atoms with Crippen LogP contribution in [0.25, 0.3) is 0 Å². The van der Waals surface area contributed by atoms with Crippen LogP contribution in [0.4, 0.5) is 0 Å². The van der Waals surface area contributed by atoms with Crippen molar-refractivity contribution in [3.63, 3.8) is 0 Å². The van der Waals surface area contributed by atoms with Gasteiger partial charge in [-0.15, -0.1) is 0 Å². The maximum absolute atomic E-state index is 11.8. The first kappa shape index (κ1) is 8.75. The normalized spacial score (nSPS) is 28.7. The topological polar surface area (TPSA) is 46.3 Å². The van der Waals surface area contributed by atoms with E-state index in [0.717, 1.165) is 32.4 Å². The summed E-state index contributed by atoms with van der Waals surface area (Å²) in [5, 5.41) is 0. The third-order valence-corrected chi connectivity index (χ3v) is 2.89. The van der Waals surface area contributed by atoms with Gasteiger partial charge in [0.1, 0.15) is 0 Å². The Kier molecular flexibility index (Phi) is 2.36. The molecule has 1 amide bonds. The number of hydrogen-bond acceptors (Lipinski definition) is 2. The average molecular weight is 180 g/mol. The SMILES string of the molecule is N[C@@H]1CCN(C(=O)C2CC=CC2)C1. The lowest BCUT2D eigenvalue weighted by molar-refractivity contribution is -0.134. The molecule has 0 saturated carbocycles. The molecule has 1 atom stereocenters. The molecule has 1 heterocycles. The van der Waals surface area contributed by atoms with Gasteiger partial charge in [0.15, 0.2) is 0 Å². The van der Waals surface area contributed by atoms with E-state index >= 15 is 0 Å². The first-order valence-corrected chi connectivity index (χ1v) is 4.97. The molecule has 0 spiro atoms. The molecule has 72 valence electrons. The van der Waals surface area contributed by atoms with Gasteiger partial charge in [0, 0.05) is 25.0 Å². The van der Waals surface area contributed by atoms with E-state index in [1.807, 2.05) is 4.90 Å². The van der Waals surface area contributed by atoms with E-state index in [2.05, 4.69) is 12.2 Å². The van der Waals surface area contributed by atoms with E-state index in [0.29, 0.717) is 5.91 Å². The Labute approximate surface area is 78.6 Å². The Morgan fingerprint density at radius 2 is 2.08 bits per heavy atom. The molecule has 0 unspecified atom stereocenters. The maximum Gasteiger partial charge on any atom is 0.226 e. The fraction of sp³-hybridized carbons (Fsp3) is 0.700. The van der Waals surface area contributed by atoms with Crippen molar-refractivity contribution in [3.8, 4) is 0 Å². The zero-order chi connectivity index (χ0) is 9.26. The smallest absolute Gasteiger partial charge is 0.226 e. The second kappa shape index (κ2) is 3.50. The van der Waals surface area contributed by atoms with Crippen molar-refractivity contribution in [2.45, 2.75) is 25.3 Å². The molecule has 2 N–H and O–H groups in total. The molecule has 0 aromatic rings. The van der Waals surface area contributed by atoms with Crippen molar-refractivity contribution in [3.05, 3.63) is 12.2 Å². The molecule has 1 aliphatic heterocycles. The van der Waals surface area contributed by atoms with Crippen LogP contribution < -0.4 is 5.73 Å². The molecule has 3 nitrogen and oxygen atoms in total. The van der Waals surface area contributed by atoms with Gasteiger partial charge in [-0.25, -0.2) is 0 Å². The highest BCUT2D eigenvalue weighted by atomic mass is 16.2. The molecule has 1 saturated heterocycles. The molecular formula is C10H16N2O. The van der Waals surface area contributed by atoms with Gasteiger partial charge in [-0.05, 0) is 19.3 Å². The number of likely N-dealkylation sites (tertiary alicyclic amines) is 1. The van der Waals surface area contributed by atoms with Gasteiger partial charge in [0.2, 0.25) is 5.91 Å². The van der Waals surface area contributed by atoms with Crippen molar-refractivity contribution in [1.82, 2.24) is 4.90 Å². The number of hydrogen-bond donors (Lipinski definition) is 1. The van der Waals surface area contributed by atoms with E-state index in [9.17, 15) is 4.79 Å². The number of carbonyl (C=O) groups is 1. The zero-order valence-corrected chi connectivity index (χ0v) is 7.78. The lowest BCUT2D eigenvalue weighted by Crippen LogP contribution is -2.35. The molecule has 13 heavy (non-hydrogen) atoms. The minimum absolute atomic E-state index is 0.207. The summed E-state index contributed by atoms with van der Waals surface area (Å²) in [6.45, 7) is 1.62. The molecular weight excluding hydrogens is 164 g/mol. The van der Waals surface area contributed by atoms with Crippen molar-refractivity contribution >= 4 is 5.91 Å². The summed E-state index contributed by atoms with van der Waals surface area (Å²) in [6, 6.07) is 0.207. The van der Waals surface area contributed by atoms with Gasteiger partial charge in [-0.2, -0.15) is 0 Å². The van der Waals surface area contributed by atoms with E-state index in [1.54, 1.807) is 0 Å². The predicted octanol–water partition coefficient (Wildman–Crippen LogP) is 0.512. The second-order valence-electron chi connectivity index (χ2n) is 3.97. The second-order valence-corrected chi connectivity index (χ2v) is 3.97. The van der Waals surface area contributed by atoms with E-state index in [1.165, 1.54) is 0 Å². The van der Waals surface area contributed by atoms with Crippen LogP contribution in [-0.2, 0) is 4.79 Å². The van der Waals surface area contributed by atoms with Gasteiger partial charge < -0.3 is 10.6 Å². The van der Waals surface area contributed by atoms with Gasteiger partial charge in [0.05, 0.1) is 0 Å². The lowest BCUT2D eigenvalue weighted by Gasteiger charge is -2.19. The number of nitrogens with two attached hydrogens (primary N) is 1. The minimum Gasteiger partial charge on any atom is -0.341 e. The summed E-state index contributed by atoms with van der Waals surface area (Å²) in [6.07, 6.45) is 7.00. The molecule has 0 radical (unpaired) electrons. The standard InChI is InChI=1S/C10H16N2O/c11-9-5-6-12(7-9)10(13)8-3-1-2-4-8/h1-2,8-9H,3-7,11H2/t9-/m1/s1. The van der Waals surface area contributed by atoms with Crippen LogP contribution in [0.2, 0.25) is 0 Å². The molecule has 2 aliphatic rings.